The molecule has 0 fully saturated rings. The molecular weight excluding hydrogens is 424 g/mol. The lowest BCUT2D eigenvalue weighted by Gasteiger charge is -2.20. The number of nitrogens with one attached hydrogen (secondary N) is 2. The summed E-state index contributed by atoms with van der Waals surface area (Å²) in [6.45, 7) is 5.33. The third-order valence-corrected chi connectivity index (χ3v) is 5.93. The van der Waals surface area contributed by atoms with Gasteiger partial charge in [0.25, 0.3) is 5.91 Å². The van der Waals surface area contributed by atoms with Gasteiger partial charge in [0.15, 0.2) is 11.5 Å². The molecule has 3 N–H and O–H groups in total. The zero-order chi connectivity index (χ0) is 22.6. The third-order valence-electron chi connectivity index (χ3n) is 4.15. The summed E-state index contributed by atoms with van der Waals surface area (Å²) in [5.41, 5.74) is -0.341. The van der Waals surface area contributed by atoms with Gasteiger partial charge in [-0.05, 0) is 57.2 Å². The van der Waals surface area contributed by atoms with Crippen LogP contribution in [-0.4, -0.2) is 51.0 Å². The SMILES string of the molecule is CC(C)(C)NS(=O)(=O)c1ccc(C(=O)NCC(O)COc2ccc3c(c2)OCO3)cc1. The van der Waals surface area contributed by atoms with Crippen molar-refractivity contribution in [3.8, 4) is 17.2 Å². The zero-order valence-corrected chi connectivity index (χ0v) is 18.4. The molecule has 0 aliphatic carbocycles. The molecule has 1 aliphatic rings. The molecular formula is C21H26N2O7S. The van der Waals surface area contributed by atoms with Crippen LogP contribution in [0.1, 0.15) is 31.1 Å². The van der Waals surface area contributed by atoms with Crippen molar-refractivity contribution in [2.75, 3.05) is 19.9 Å². The number of carbonyl (C=O) groups excluding carboxylic acids is 1. The van der Waals surface area contributed by atoms with Crippen LogP contribution in [0.4, 0.5) is 0 Å². The van der Waals surface area contributed by atoms with Crippen LogP contribution < -0.4 is 24.2 Å². The molecule has 0 saturated heterocycles. The Hall–Kier alpha value is -2.82. The molecule has 2 aromatic carbocycles. The molecule has 0 bridgehead atoms. The van der Waals surface area contributed by atoms with E-state index in [-0.39, 0.29) is 30.4 Å². The van der Waals surface area contributed by atoms with E-state index in [1.807, 2.05) is 0 Å². The first-order chi connectivity index (χ1) is 14.5. The van der Waals surface area contributed by atoms with Gasteiger partial charge in [0.1, 0.15) is 18.5 Å². The van der Waals surface area contributed by atoms with Crippen molar-refractivity contribution >= 4 is 15.9 Å². The van der Waals surface area contributed by atoms with E-state index in [1.165, 1.54) is 24.3 Å². The minimum absolute atomic E-state index is 0.0322. The molecule has 0 saturated carbocycles. The average Bonchev–Trinajstić information content (AvgIpc) is 3.16. The Labute approximate surface area is 181 Å². The number of rotatable bonds is 8. The van der Waals surface area contributed by atoms with Crippen molar-refractivity contribution in [1.82, 2.24) is 10.0 Å². The van der Waals surface area contributed by atoms with Gasteiger partial charge in [0, 0.05) is 23.7 Å². The lowest BCUT2D eigenvalue weighted by Crippen LogP contribution is -2.40. The van der Waals surface area contributed by atoms with E-state index in [1.54, 1.807) is 39.0 Å². The molecule has 1 amide bonds. The standard InChI is InChI=1S/C21H26N2O7S/c1-21(2,3)23-31(26,27)17-7-4-14(5-8-17)20(25)22-11-15(24)12-28-16-6-9-18-19(10-16)30-13-29-18/h4-10,15,23-24H,11-13H2,1-3H3,(H,22,25). The van der Waals surface area contributed by atoms with Gasteiger partial charge in [0.05, 0.1) is 4.90 Å². The zero-order valence-electron chi connectivity index (χ0n) is 17.5. The van der Waals surface area contributed by atoms with E-state index in [4.69, 9.17) is 14.2 Å². The number of ether oxygens (including phenoxy) is 3. The summed E-state index contributed by atoms with van der Waals surface area (Å²) in [4.78, 5) is 12.3. The molecule has 3 rings (SSSR count). The quantitative estimate of drug-likeness (QED) is 0.559. The number of hydrogen-bond donors (Lipinski definition) is 3. The average molecular weight is 451 g/mol. The van der Waals surface area contributed by atoms with Crippen LogP contribution in [0.3, 0.4) is 0 Å². The van der Waals surface area contributed by atoms with E-state index >= 15 is 0 Å². The molecule has 0 aromatic heterocycles. The van der Waals surface area contributed by atoms with Gasteiger partial charge < -0.3 is 24.6 Å². The predicted octanol–water partition coefficient (Wildman–Crippen LogP) is 1.66. The highest BCUT2D eigenvalue weighted by molar-refractivity contribution is 7.89. The van der Waals surface area contributed by atoms with E-state index in [9.17, 15) is 18.3 Å². The lowest BCUT2D eigenvalue weighted by atomic mass is 10.1. The minimum atomic E-state index is -3.68. The van der Waals surface area contributed by atoms with Crippen LogP contribution in [0, 0.1) is 0 Å². The number of carbonyl (C=O) groups is 1. The number of benzene rings is 2. The van der Waals surface area contributed by atoms with E-state index in [2.05, 4.69) is 10.0 Å². The molecule has 0 radical (unpaired) electrons. The van der Waals surface area contributed by atoms with Crippen LogP contribution in [0.2, 0.25) is 0 Å². The van der Waals surface area contributed by atoms with Gasteiger partial charge >= 0.3 is 0 Å². The molecule has 9 nitrogen and oxygen atoms in total. The van der Waals surface area contributed by atoms with Crippen LogP contribution in [0.25, 0.3) is 0 Å². The normalized spacial score (nSPS) is 14.2. The van der Waals surface area contributed by atoms with Crippen molar-refractivity contribution in [2.45, 2.75) is 37.3 Å². The summed E-state index contributed by atoms with van der Waals surface area (Å²) in [5, 5.41) is 12.7. The predicted molar refractivity (Wildman–Crippen MR) is 113 cm³/mol. The van der Waals surface area contributed by atoms with Gasteiger partial charge in [-0.2, -0.15) is 0 Å². The van der Waals surface area contributed by atoms with Crippen molar-refractivity contribution in [3.05, 3.63) is 48.0 Å². The number of amides is 1. The summed E-state index contributed by atoms with van der Waals surface area (Å²) >= 11 is 0. The molecule has 1 atom stereocenters. The first-order valence-electron chi connectivity index (χ1n) is 9.66. The first kappa shape index (κ1) is 22.9. The van der Waals surface area contributed by atoms with Crippen molar-refractivity contribution in [3.63, 3.8) is 0 Å². The van der Waals surface area contributed by atoms with Gasteiger partial charge in [0.2, 0.25) is 16.8 Å². The third kappa shape index (κ3) is 6.33. The maximum atomic E-state index is 12.3. The fourth-order valence-electron chi connectivity index (χ4n) is 2.78. The maximum Gasteiger partial charge on any atom is 0.251 e. The maximum absolute atomic E-state index is 12.3. The molecule has 168 valence electrons. The number of fused-ring (bicyclic) bond motifs is 1. The fourth-order valence-corrected chi connectivity index (χ4v) is 4.20. The number of aliphatic hydroxyl groups excluding tert-OH is 1. The summed E-state index contributed by atoms with van der Waals surface area (Å²) in [7, 11) is -3.68. The summed E-state index contributed by atoms with van der Waals surface area (Å²) in [5.74, 6) is 1.28. The summed E-state index contributed by atoms with van der Waals surface area (Å²) < 4.78 is 43.2. The topological polar surface area (TPSA) is 123 Å². The van der Waals surface area contributed by atoms with Crippen molar-refractivity contribution in [2.24, 2.45) is 0 Å². The largest absolute Gasteiger partial charge is 0.491 e. The molecule has 2 aromatic rings. The monoisotopic (exact) mass is 450 g/mol. The Kier molecular flexibility index (Phi) is 6.73. The minimum Gasteiger partial charge on any atom is -0.491 e. The Morgan fingerprint density at radius 1 is 1.13 bits per heavy atom. The van der Waals surface area contributed by atoms with Crippen LogP contribution in [-0.2, 0) is 10.0 Å². The van der Waals surface area contributed by atoms with Gasteiger partial charge in [-0.1, -0.05) is 0 Å². The Morgan fingerprint density at radius 3 is 2.48 bits per heavy atom. The van der Waals surface area contributed by atoms with Gasteiger partial charge in [-0.3, -0.25) is 4.79 Å². The number of hydrogen-bond acceptors (Lipinski definition) is 7. The second-order valence-corrected chi connectivity index (χ2v) is 9.75. The van der Waals surface area contributed by atoms with E-state index < -0.39 is 27.6 Å². The fraction of sp³-hybridized carbons (Fsp3) is 0.381. The molecule has 0 spiro atoms. The first-order valence-corrected chi connectivity index (χ1v) is 11.1. The molecule has 31 heavy (non-hydrogen) atoms. The lowest BCUT2D eigenvalue weighted by molar-refractivity contribution is 0.0843. The summed E-state index contributed by atoms with van der Waals surface area (Å²) in [6, 6.07) is 10.6. The van der Waals surface area contributed by atoms with Crippen molar-refractivity contribution in [1.29, 1.82) is 0 Å². The number of sulfonamides is 1. The summed E-state index contributed by atoms with van der Waals surface area (Å²) in [6.07, 6.45) is -0.940. The Balaban J connectivity index is 1.48. The van der Waals surface area contributed by atoms with E-state index in [0.717, 1.165) is 0 Å². The van der Waals surface area contributed by atoms with Crippen LogP contribution in [0.5, 0.6) is 17.2 Å². The second-order valence-electron chi connectivity index (χ2n) is 8.07. The van der Waals surface area contributed by atoms with Crippen LogP contribution in [0.15, 0.2) is 47.4 Å². The van der Waals surface area contributed by atoms with E-state index in [0.29, 0.717) is 17.2 Å². The molecule has 1 heterocycles. The highest BCUT2D eigenvalue weighted by atomic mass is 32.2. The van der Waals surface area contributed by atoms with Crippen LogP contribution >= 0.6 is 0 Å². The number of aliphatic hydroxyl groups is 1. The molecule has 1 aliphatic heterocycles. The highest BCUT2D eigenvalue weighted by Crippen LogP contribution is 2.35. The van der Waals surface area contributed by atoms with Gasteiger partial charge in [-0.25, -0.2) is 13.1 Å². The smallest absolute Gasteiger partial charge is 0.251 e. The second kappa shape index (κ2) is 9.13. The Morgan fingerprint density at radius 2 is 1.81 bits per heavy atom. The molecule has 1 unspecified atom stereocenters. The van der Waals surface area contributed by atoms with Crippen molar-refractivity contribution < 1.29 is 32.5 Å². The Bertz CT molecular complexity index is 1030. The molecule has 10 heteroatoms. The highest BCUT2D eigenvalue weighted by Gasteiger charge is 2.22. The van der Waals surface area contributed by atoms with Gasteiger partial charge in [-0.15, -0.1) is 0 Å².